The number of nitrogens with two attached hydrogens (primary N) is 1. The molecule has 1 aromatic heterocycles. The second kappa shape index (κ2) is 8.91. The van der Waals surface area contributed by atoms with Crippen molar-refractivity contribution >= 4 is 18.0 Å². The molecule has 4 atom stereocenters. The van der Waals surface area contributed by atoms with Gasteiger partial charge in [-0.25, -0.2) is 9.59 Å². The van der Waals surface area contributed by atoms with Gasteiger partial charge < -0.3 is 41.2 Å². The number of aliphatic hydroxyl groups excluding tert-OH is 2. The van der Waals surface area contributed by atoms with Crippen molar-refractivity contribution in [3.05, 3.63) is 11.8 Å². The summed E-state index contributed by atoms with van der Waals surface area (Å²) in [7, 11) is 0. The van der Waals surface area contributed by atoms with Crippen LogP contribution in [-0.4, -0.2) is 67.3 Å². The van der Waals surface area contributed by atoms with E-state index >= 15 is 0 Å². The minimum absolute atomic E-state index is 0.165. The average Bonchev–Trinajstić information content (AvgIpc) is 3.00. The molecule has 140 valence electrons. The fourth-order valence-corrected chi connectivity index (χ4v) is 1.65. The van der Waals surface area contributed by atoms with Crippen LogP contribution >= 0.6 is 0 Å². The van der Waals surface area contributed by atoms with Gasteiger partial charge in [-0.3, -0.25) is 4.79 Å². The number of hydrogen-bond donors (Lipinski definition) is 7. The Morgan fingerprint density at radius 3 is 2.28 bits per heavy atom. The van der Waals surface area contributed by atoms with E-state index in [1.807, 2.05) is 5.32 Å². The molecule has 13 heteroatoms. The van der Waals surface area contributed by atoms with E-state index in [2.05, 4.69) is 15.5 Å². The highest BCUT2D eigenvalue weighted by molar-refractivity contribution is 5.83. The maximum absolute atomic E-state index is 11.8. The Morgan fingerprint density at radius 2 is 1.80 bits per heavy atom. The Labute approximate surface area is 140 Å². The van der Waals surface area contributed by atoms with Gasteiger partial charge >= 0.3 is 18.0 Å². The molecule has 0 saturated carbocycles. The van der Waals surface area contributed by atoms with Crippen molar-refractivity contribution in [1.29, 1.82) is 0 Å². The van der Waals surface area contributed by atoms with Crippen LogP contribution in [0.25, 0.3) is 0 Å². The minimum Gasteiger partial charge on any atom is -0.481 e. The molecule has 0 aliphatic rings. The van der Waals surface area contributed by atoms with E-state index < -0.39 is 55.2 Å². The maximum Gasteiger partial charge on any atom is 0.328 e. The van der Waals surface area contributed by atoms with Crippen molar-refractivity contribution in [2.24, 2.45) is 5.73 Å². The predicted octanol–water partition coefficient (Wildman–Crippen LogP) is -2.29. The molecule has 8 N–H and O–H groups in total. The molecule has 0 aromatic carbocycles. The fourth-order valence-electron chi connectivity index (χ4n) is 1.65. The summed E-state index contributed by atoms with van der Waals surface area (Å²) in [4.78, 5) is 33.5. The number of carboxylic acids is 2. The van der Waals surface area contributed by atoms with E-state index in [0.29, 0.717) is 0 Å². The first-order chi connectivity index (χ1) is 11.6. The van der Waals surface area contributed by atoms with Gasteiger partial charge in [0.1, 0.15) is 12.1 Å². The zero-order valence-corrected chi connectivity index (χ0v) is 13.1. The molecule has 13 nitrogen and oxygen atoms in total. The Hall–Kier alpha value is -2.77. The van der Waals surface area contributed by atoms with Crippen LogP contribution in [0.4, 0.5) is 4.79 Å². The summed E-state index contributed by atoms with van der Waals surface area (Å²) >= 11 is 0. The molecule has 2 amide bonds. The van der Waals surface area contributed by atoms with Crippen molar-refractivity contribution < 1.29 is 39.2 Å². The number of carboxylic acid groups (broad SMARTS) is 2. The summed E-state index contributed by atoms with van der Waals surface area (Å²) in [6.45, 7) is 0.524. The van der Waals surface area contributed by atoms with Crippen LogP contribution in [0, 0.1) is 0 Å². The smallest absolute Gasteiger partial charge is 0.328 e. The molecule has 0 saturated heterocycles. The molecule has 25 heavy (non-hydrogen) atoms. The van der Waals surface area contributed by atoms with E-state index in [9.17, 15) is 19.5 Å². The number of aliphatic carboxylic acids is 2. The zero-order chi connectivity index (χ0) is 19.1. The summed E-state index contributed by atoms with van der Waals surface area (Å²) in [6, 6.07) is -4.93. The molecule has 1 rings (SSSR count). The molecular formula is C12H19N5O8. The van der Waals surface area contributed by atoms with Crippen LogP contribution in [0.3, 0.4) is 0 Å². The molecule has 1 unspecified atom stereocenters. The van der Waals surface area contributed by atoms with Crippen LogP contribution in [-0.2, 0) is 9.59 Å². The number of aliphatic hydroxyl groups is 2. The van der Waals surface area contributed by atoms with Crippen LogP contribution < -0.4 is 16.4 Å². The van der Waals surface area contributed by atoms with Gasteiger partial charge in [-0.2, -0.15) is 0 Å². The van der Waals surface area contributed by atoms with Crippen molar-refractivity contribution in [3.63, 3.8) is 0 Å². The number of nitrogens with zero attached hydrogens (tertiary/aromatic N) is 2. The summed E-state index contributed by atoms with van der Waals surface area (Å²) in [5.41, 5.74) is 5.62. The Kier molecular flexibility index (Phi) is 7.22. The van der Waals surface area contributed by atoms with Gasteiger partial charge in [0.05, 0.1) is 19.1 Å². The number of amides is 2. The first-order valence-electron chi connectivity index (χ1n) is 7.05. The molecule has 0 bridgehead atoms. The Balaban J connectivity index is 2.89. The quantitative estimate of drug-likeness (QED) is 0.248. The van der Waals surface area contributed by atoms with Crippen molar-refractivity contribution in [3.8, 4) is 0 Å². The molecule has 1 heterocycles. The lowest BCUT2D eigenvalue weighted by Gasteiger charge is -2.17. The molecule has 0 aliphatic carbocycles. The average molecular weight is 361 g/mol. The van der Waals surface area contributed by atoms with Gasteiger partial charge in [0.2, 0.25) is 11.8 Å². The number of nitrogens with one attached hydrogen (secondary N) is 2. The summed E-state index contributed by atoms with van der Waals surface area (Å²) in [5.74, 6) is -3.24. The fraction of sp³-hybridized carbons (Fsp3) is 0.583. The third kappa shape index (κ3) is 5.98. The predicted molar refractivity (Wildman–Crippen MR) is 78.1 cm³/mol. The number of urea groups is 1. The monoisotopic (exact) mass is 361 g/mol. The summed E-state index contributed by atoms with van der Waals surface area (Å²) in [6.07, 6.45) is -1.65. The zero-order valence-electron chi connectivity index (χ0n) is 13.1. The van der Waals surface area contributed by atoms with Crippen LogP contribution in [0.15, 0.2) is 4.42 Å². The van der Waals surface area contributed by atoms with Gasteiger partial charge in [0, 0.05) is 0 Å². The van der Waals surface area contributed by atoms with Gasteiger partial charge in [-0.05, 0) is 6.92 Å². The van der Waals surface area contributed by atoms with E-state index in [1.54, 1.807) is 0 Å². The SMILES string of the molecule is CC(O)[C@H](N)c1nnc([C@H](CC(=O)O)NC(=O)N[C@@H](CO)C(=O)O)o1. The lowest BCUT2D eigenvalue weighted by molar-refractivity contribution is -0.140. The van der Waals surface area contributed by atoms with Gasteiger partial charge in [0.15, 0.2) is 6.04 Å². The summed E-state index contributed by atoms with van der Waals surface area (Å²) < 4.78 is 5.17. The van der Waals surface area contributed by atoms with Crippen LogP contribution in [0.2, 0.25) is 0 Å². The second-order valence-electron chi connectivity index (χ2n) is 5.09. The van der Waals surface area contributed by atoms with E-state index in [1.165, 1.54) is 6.92 Å². The first-order valence-corrected chi connectivity index (χ1v) is 7.05. The Bertz CT molecular complexity index is 618. The third-order valence-corrected chi connectivity index (χ3v) is 3.03. The minimum atomic E-state index is -1.58. The molecule has 0 fully saturated rings. The van der Waals surface area contributed by atoms with Gasteiger partial charge in [0.25, 0.3) is 0 Å². The standard InChI is InChI=1S/C12H19N5O8/c1-4(19)8(13)10-17-16-9(25-10)5(2-7(20)21)14-12(24)15-6(3-18)11(22)23/h4-6,8,18-19H,2-3,13H2,1H3,(H,20,21)(H,22,23)(H2,14,15,24)/t4?,5-,6-,8-/m0/s1. The van der Waals surface area contributed by atoms with Crippen LogP contribution in [0.1, 0.15) is 37.2 Å². The lowest BCUT2D eigenvalue weighted by Crippen LogP contribution is -2.48. The van der Waals surface area contributed by atoms with Crippen molar-refractivity contribution in [2.45, 2.75) is 37.6 Å². The first kappa shape index (κ1) is 20.3. The number of hydrogen-bond acceptors (Lipinski definition) is 9. The number of rotatable bonds is 9. The third-order valence-electron chi connectivity index (χ3n) is 3.03. The molecular weight excluding hydrogens is 342 g/mol. The molecule has 1 aromatic rings. The lowest BCUT2D eigenvalue weighted by atomic mass is 10.2. The Morgan fingerprint density at radius 1 is 1.20 bits per heavy atom. The van der Waals surface area contributed by atoms with Crippen molar-refractivity contribution in [2.75, 3.05) is 6.61 Å². The second-order valence-corrected chi connectivity index (χ2v) is 5.09. The van der Waals surface area contributed by atoms with Gasteiger partial charge in [-0.1, -0.05) is 0 Å². The normalized spacial score (nSPS) is 15.7. The van der Waals surface area contributed by atoms with Crippen molar-refractivity contribution in [1.82, 2.24) is 20.8 Å². The number of carbonyl (C=O) groups excluding carboxylic acids is 1. The van der Waals surface area contributed by atoms with E-state index in [4.69, 9.17) is 25.5 Å². The topological polar surface area (TPSA) is 221 Å². The number of aromatic nitrogens is 2. The van der Waals surface area contributed by atoms with Gasteiger partial charge in [-0.15, -0.1) is 10.2 Å². The highest BCUT2D eigenvalue weighted by atomic mass is 16.4. The molecule has 0 radical (unpaired) electrons. The molecule has 0 aliphatic heterocycles. The molecule has 0 spiro atoms. The number of carbonyl (C=O) groups is 3. The highest BCUT2D eigenvalue weighted by Crippen LogP contribution is 2.19. The summed E-state index contributed by atoms with van der Waals surface area (Å²) in [5, 5.41) is 47.2. The van der Waals surface area contributed by atoms with E-state index in [-0.39, 0.29) is 11.8 Å². The highest BCUT2D eigenvalue weighted by Gasteiger charge is 2.28. The van der Waals surface area contributed by atoms with Crippen LogP contribution in [0.5, 0.6) is 0 Å². The maximum atomic E-state index is 11.8. The largest absolute Gasteiger partial charge is 0.481 e. The van der Waals surface area contributed by atoms with E-state index in [0.717, 1.165) is 0 Å².